The topological polar surface area (TPSA) is 13.1 Å². The van der Waals surface area contributed by atoms with Crippen LogP contribution < -0.4 is 0 Å². The van der Waals surface area contributed by atoms with Crippen molar-refractivity contribution in [2.75, 3.05) is 0 Å². The van der Waals surface area contributed by atoms with Crippen molar-refractivity contribution in [1.82, 2.24) is 0 Å². The van der Waals surface area contributed by atoms with E-state index in [9.17, 15) is 0 Å². The van der Waals surface area contributed by atoms with E-state index in [1.807, 2.05) is 0 Å². The first kappa shape index (κ1) is 33.4. The van der Waals surface area contributed by atoms with Crippen LogP contribution in [0.2, 0.25) is 0 Å². The number of furan rings is 1. The van der Waals surface area contributed by atoms with Crippen LogP contribution in [0.25, 0.3) is 121 Å². The van der Waals surface area contributed by atoms with Crippen LogP contribution in [0, 0.1) is 0 Å². The molecule has 0 unspecified atom stereocenters. The molecule has 1 heteroatoms. The number of rotatable bonds is 5. The van der Waals surface area contributed by atoms with Gasteiger partial charge in [0.15, 0.2) is 0 Å². The first-order chi connectivity index (χ1) is 29.3. The van der Waals surface area contributed by atoms with Crippen LogP contribution in [0.5, 0.6) is 0 Å². The molecule has 1 nitrogen and oxygen atoms in total. The maximum absolute atomic E-state index is 7.09. The second-order valence-electron chi connectivity index (χ2n) is 15.5. The zero-order valence-electron chi connectivity index (χ0n) is 32.2. The first-order valence-electron chi connectivity index (χ1n) is 20.3. The third-order valence-electron chi connectivity index (χ3n) is 12.2. The molecule has 0 aliphatic rings. The highest BCUT2D eigenvalue weighted by Crippen LogP contribution is 2.48. The van der Waals surface area contributed by atoms with Gasteiger partial charge in [0.25, 0.3) is 0 Å². The standard InChI is InChI=1S/C58H36O/c1-3-17-37(18-4-1)39-21-15-22-40(35-39)55-47-27-11-13-29-49(47)57(50-30-14-12-28-48(50)55)52-32-16-31-51-42-34-33-41(36-53(42)59-58(51)52)56-45-25-9-7-23-43(45)54(38-19-5-2-6-20-38)44-24-8-10-26-46(44)56/h1-36H. The molecule has 12 aromatic rings. The molecule has 0 amide bonds. The molecule has 0 spiro atoms. The maximum Gasteiger partial charge on any atom is 0.143 e. The second-order valence-corrected chi connectivity index (χ2v) is 15.5. The Bertz CT molecular complexity index is 3480. The smallest absolute Gasteiger partial charge is 0.143 e. The zero-order valence-corrected chi connectivity index (χ0v) is 32.2. The number of hydrogen-bond acceptors (Lipinski definition) is 1. The average Bonchev–Trinajstić information content (AvgIpc) is 3.69. The van der Waals surface area contributed by atoms with E-state index in [0.717, 1.165) is 33.1 Å². The Balaban J connectivity index is 1.08. The fourth-order valence-corrected chi connectivity index (χ4v) is 9.72. The van der Waals surface area contributed by atoms with Gasteiger partial charge in [-0.2, -0.15) is 0 Å². The number of para-hydroxylation sites is 1. The monoisotopic (exact) mass is 748 g/mol. The van der Waals surface area contributed by atoms with Crippen molar-refractivity contribution in [3.63, 3.8) is 0 Å². The normalized spacial score (nSPS) is 11.7. The summed E-state index contributed by atoms with van der Waals surface area (Å²) in [5, 5.41) is 12.0. The van der Waals surface area contributed by atoms with Crippen LogP contribution in [0.15, 0.2) is 223 Å². The van der Waals surface area contributed by atoms with Crippen LogP contribution in [-0.4, -0.2) is 0 Å². The lowest BCUT2D eigenvalue weighted by Gasteiger charge is -2.18. The van der Waals surface area contributed by atoms with Gasteiger partial charge >= 0.3 is 0 Å². The Morgan fingerprint density at radius 1 is 0.220 bits per heavy atom. The Morgan fingerprint density at radius 3 is 1.15 bits per heavy atom. The minimum absolute atomic E-state index is 0.883. The highest BCUT2D eigenvalue weighted by atomic mass is 16.3. The van der Waals surface area contributed by atoms with Crippen molar-refractivity contribution in [1.29, 1.82) is 0 Å². The van der Waals surface area contributed by atoms with E-state index in [1.165, 1.54) is 87.6 Å². The van der Waals surface area contributed by atoms with Gasteiger partial charge in [-0.25, -0.2) is 0 Å². The van der Waals surface area contributed by atoms with Crippen molar-refractivity contribution in [2.45, 2.75) is 0 Å². The molecule has 0 aliphatic heterocycles. The Kier molecular flexibility index (Phi) is 7.61. The average molecular weight is 749 g/mol. The summed E-state index contributed by atoms with van der Waals surface area (Å²) >= 11 is 0. The molecule has 0 bridgehead atoms. The van der Waals surface area contributed by atoms with Crippen LogP contribution in [-0.2, 0) is 0 Å². The molecule has 0 fully saturated rings. The zero-order chi connectivity index (χ0) is 38.9. The van der Waals surface area contributed by atoms with E-state index >= 15 is 0 Å². The lowest BCUT2D eigenvalue weighted by atomic mass is 9.85. The molecule has 0 N–H and O–H groups in total. The summed E-state index contributed by atoms with van der Waals surface area (Å²) in [7, 11) is 0. The van der Waals surface area contributed by atoms with E-state index in [-0.39, 0.29) is 0 Å². The third kappa shape index (κ3) is 5.25. The molecule has 0 saturated heterocycles. The molecule has 0 saturated carbocycles. The summed E-state index contributed by atoms with van der Waals surface area (Å²) in [5.41, 5.74) is 13.8. The van der Waals surface area contributed by atoms with Gasteiger partial charge in [-0.15, -0.1) is 0 Å². The fraction of sp³-hybridized carbons (Fsp3) is 0. The predicted molar refractivity (Wildman–Crippen MR) is 251 cm³/mol. The summed E-state index contributed by atoms with van der Waals surface area (Å²) in [6, 6.07) is 79.2. The minimum atomic E-state index is 0.883. The van der Waals surface area contributed by atoms with Gasteiger partial charge in [-0.3, -0.25) is 0 Å². The second kappa shape index (κ2) is 13.4. The fourth-order valence-electron chi connectivity index (χ4n) is 9.72. The Labute approximate surface area is 342 Å². The highest BCUT2D eigenvalue weighted by Gasteiger charge is 2.22. The number of fused-ring (bicyclic) bond motifs is 7. The van der Waals surface area contributed by atoms with Gasteiger partial charge in [0.05, 0.1) is 0 Å². The molecule has 11 aromatic carbocycles. The van der Waals surface area contributed by atoms with E-state index in [1.54, 1.807) is 0 Å². The molecule has 59 heavy (non-hydrogen) atoms. The predicted octanol–water partition coefficient (Wildman–Crippen LogP) is 16.5. The highest BCUT2D eigenvalue weighted by molar-refractivity contribution is 6.25. The number of benzene rings is 11. The summed E-state index contributed by atoms with van der Waals surface area (Å²) in [6.07, 6.45) is 0. The van der Waals surface area contributed by atoms with Crippen LogP contribution in [0.4, 0.5) is 0 Å². The molecular weight excluding hydrogens is 713 g/mol. The minimum Gasteiger partial charge on any atom is -0.455 e. The lowest BCUT2D eigenvalue weighted by molar-refractivity contribution is 0.670. The summed E-state index contributed by atoms with van der Waals surface area (Å²) in [5.74, 6) is 0. The van der Waals surface area contributed by atoms with Gasteiger partial charge in [0.2, 0.25) is 0 Å². The van der Waals surface area contributed by atoms with Crippen LogP contribution >= 0.6 is 0 Å². The summed E-state index contributed by atoms with van der Waals surface area (Å²) in [4.78, 5) is 0. The number of hydrogen-bond donors (Lipinski definition) is 0. The Hall–Kier alpha value is -7.74. The first-order valence-corrected chi connectivity index (χ1v) is 20.3. The molecule has 12 rings (SSSR count). The van der Waals surface area contributed by atoms with Gasteiger partial charge < -0.3 is 4.42 Å². The van der Waals surface area contributed by atoms with E-state index < -0.39 is 0 Å². The summed E-state index contributed by atoms with van der Waals surface area (Å²) < 4.78 is 7.09. The lowest BCUT2D eigenvalue weighted by Crippen LogP contribution is -1.91. The quantitative estimate of drug-likeness (QED) is 0.160. The molecule has 0 aliphatic carbocycles. The molecule has 1 heterocycles. The van der Waals surface area contributed by atoms with Crippen LogP contribution in [0.1, 0.15) is 0 Å². The molecule has 274 valence electrons. The molecule has 0 atom stereocenters. The van der Waals surface area contributed by atoms with E-state index in [0.29, 0.717) is 0 Å². The Morgan fingerprint density at radius 2 is 0.610 bits per heavy atom. The van der Waals surface area contributed by atoms with E-state index in [2.05, 4.69) is 218 Å². The SMILES string of the molecule is c1ccc(-c2cccc(-c3c4ccccc4c(-c4cccc5c4oc4cc(-c6c7ccccc7c(-c7ccccc7)c7ccccc67)ccc45)c4ccccc34)c2)cc1. The van der Waals surface area contributed by atoms with Crippen molar-refractivity contribution in [3.05, 3.63) is 218 Å². The van der Waals surface area contributed by atoms with Crippen molar-refractivity contribution >= 4 is 65.0 Å². The van der Waals surface area contributed by atoms with Gasteiger partial charge in [-0.05, 0) is 106 Å². The van der Waals surface area contributed by atoms with Crippen molar-refractivity contribution in [2.24, 2.45) is 0 Å². The van der Waals surface area contributed by atoms with Gasteiger partial charge in [-0.1, -0.05) is 200 Å². The van der Waals surface area contributed by atoms with Gasteiger partial charge in [0, 0.05) is 21.9 Å². The van der Waals surface area contributed by atoms with Crippen molar-refractivity contribution in [3.8, 4) is 55.6 Å². The molecular formula is C58H36O. The summed E-state index contributed by atoms with van der Waals surface area (Å²) in [6.45, 7) is 0. The third-order valence-corrected chi connectivity index (χ3v) is 12.2. The van der Waals surface area contributed by atoms with Gasteiger partial charge in [0.1, 0.15) is 11.2 Å². The van der Waals surface area contributed by atoms with Crippen LogP contribution in [0.3, 0.4) is 0 Å². The van der Waals surface area contributed by atoms with E-state index in [4.69, 9.17) is 4.42 Å². The maximum atomic E-state index is 7.09. The molecule has 0 radical (unpaired) electrons. The van der Waals surface area contributed by atoms with Crippen molar-refractivity contribution < 1.29 is 4.42 Å². The molecule has 1 aromatic heterocycles. The largest absolute Gasteiger partial charge is 0.455 e.